The maximum atomic E-state index is 11.8. The smallest absolute Gasteiger partial charge is 0.317 e. The Bertz CT molecular complexity index is 318. The topological polar surface area (TPSA) is 69.6 Å². The van der Waals surface area contributed by atoms with Gasteiger partial charge in [0.1, 0.15) is 0 Å². The van der Waals surface area contributed by atoms with Crippen molar-refractivity contribution in [2.75, 3.05) is 13.1 Å². The maximum absolute atomic E-state index is 11.8. The van der Waals surface area contributed by atoms with Gasteiger partial charge in [-0.15, -0.1) is 0 Å². The van der Waals surface area contributed by atoms with Crippen molar-refractivity contribution >= 4 is 12.0 Å². The van der Waals surface area contributed by atoms with E-state index in [9.17, 15) is 9.59 Å². The molecule has 5 heteroatoms. The molecule has 0 aromatic rings. The van der Waals surface area contributed by atoms with Crippen LogP contribution in [0.15, 0.2) is 0 Å². The minimum atomic E-state index is -0.789. The highest BCUT2D eigenvalue weighted by Gasteiger charge is 2.46. The average molecular weight is 226 g/mol. The fourth-order valence-corrected chi connectivity index (χ4v) is 2.88. The Morgan fingerprint density at radius 2 is 2.38 bits per heavy atom. The second-order valence-electron chi connectivity index (χ2n) is 4.74. The predicted octanol–water partition coefficient (Wildman–Crippen LogP) is 1.05. The van der Waals surface area contributed by atoms with Gasteiger partial charge < -0.3 is 15.3 Å². The summed E-state index contributed by atoms with van der Waals surface area (Å²) in [6.07, 6.45) is 3.34. The molecule has 0 spiro atoms. The van der Waals surface area contributed by atoms with Gasteiger partial charge in [0.05, 0.1) is 5.92 Å². The number of hydrogen-bond donors (Lipinski definition) is 2. The molecule has 0 saturated carbocycles. The monoisotopic (exact) mass is 226 g/mol. The van der Waals surface area contributed by atoms with Crippen LogP contribution in [0.5, 0.6) is 0 Å². The van der Waals surface area contributed by atoms with E-state index >= 15 is 0 Å². The molecule has 16 heavy (non-hydrogen) atoms. The van der Waals surface area contributed by atoms with Crippen LogP contribution in [0.2, 0.25) is 0 Å². The minimum absolute atomic E-state index is 0.0890. The third kappa shape index (κ3) is 1.64. The normalized spacial score (nSPS) is 34.2. The first-order valence-corrected chi connectivity index (χ1v) is 5.87. The highest BCUT2D eigenvalue weighted by molar-refractivity contribution is 5.78. The van der Waals surface area contributed by atoms with E-state index in [1.165, 1.54) is 0 Å². The van der Waals surface area contributed by atoms with Crippen LogP contribution in [-0.2, 0) is 4.79 Å². The molecule has 2 atom stereocenters. The number of fused-ring (bicyclic) bond motifs is 1. The zero-order valence-corrected chi connectivity index (χ0v) is 9.53. The standard InChI is InChI=1S/C11H18N2O3/c1-2-11-4-3-8(9(14)15)7-13(11)10(16)12-6-5-11/h8H,2-7H2,1H3,(H,12,16)(H,14,15). The van der Waals surface area contributed by atoms with E-state index in [1.54, 1.807) is 4.90 Å². The highest BCUT2D eigenvalue weighted by Crippen LogP contribution is 2.37. The molecule has 2 aliphatic rings. The van der Waals surface area contributed by atoms with Crippen LogP contribution < -0.4 is 5.32 Å². The van der Waals surface area contributed by atoms with Gasteiger partial charge in [0, 0.05) is 18.6 Å². The van der Waals surface area contributed by atoms with E-state index in [0.717, 1.165) is 19.3 Å². The number of amides is 2. The number of carbonyl (C=O) groups excluding carboxylic acids is 1. The van der Waals surface area contributed by atoms with E-state index < -0.39 is 11.9 Å². The Balaban J connectivity index is 2.19. The number of carboxylic acid groups (broad SMARTS) is 1. The molecule has 0 aliphatic carbocycles. The lowest BCUT2D eigenvalue weighted by Gasteiger charge is -2.51. The lowest BCUT2D eigenvalue weighted by Crippen LogP contribution is -2.64. The van der Waals surface area contributed by atoms with Gasteiger partial charge in [-0.05, 0) is 25.7 Å². The summed E-state index contributed by atoms with van der Waals surface area (Å²) in [5, 5.41) is 11.8. The summed E-state index contributed by atoms with van der Waals surface area (Å²) in [6.45, 7) is 3.14. The molecule has 0 bridgehead atoms. The summed E-state index contributed by atoms with van der Waals surface area (Å²) in [5.74, 6) is -1.19. The summed E-state index contributed by atoms with van der Waals surface area (Å²) in [4.78, 5) is 24.5. The van der Waals surface area contributed by atoms with Crippen molar-refractivity contribution in [2.45, 2.75) is 38.1 Å². The second-order valence-corrected chi connectivity index (χ2v) is 4.74. The predicted molar refractivity (Wildman–Crippen MR) is 58.1 cm³/mol. The van der Waals surface area contributed by atoms with E-state index in [-0.39, 0.29) is 11.6 Å². The number of rotatable bonds is 2. The van der Waals surface area contributed by atoms with Gasteiger partial charge in [-0.3, -0.25) is 4.79 Å². The van der Waals surface area contributed by atoms with E-state index in [2.05, 4.69) is 12.2 Å². The molecule has 2 heterocycles. The number of nitrogens with zero attached hydrogens (tertiary/aromatic N) is 1. The maximum Gasteiger partial charge on any atom is 0.317 e. The van der Waals surface area contributed by atoms with E-state index in [0.29, 0.717) is 19.5 Å². The minimum Gasteiger partial charge on any atom is -0.481 e. The Morgan fingerprint density at radius 3 is 3.00 bits per heavy atom. The fraction of sp³-hybridized carbons (Fsp3) is 0.818. The molecular formula is C11H18N2O3. The molecule has 2 fully saturated rings. The summed E-state index contributed by atoms with van der Waals surface area (Å²) < 4.78 is 0. The number of hydrogen-bond acceptors (Lipinski definition) is 2. The molecule has 90 valence electrons. The van der Waals surface area contributed by atoms with Crippen molar-refractivity contribution < 1.29 is 14.7 Å². The van der Waals surface area contributed by atoms with Crippen LogP contribution >= 0.6 is 0 Å². The van der Waals surface area contributed by atoms with Gasteiger partial charge in [-0.25, -0.2) is 4.79 Å². The molecule has 2 rings (SSSR count). The highest BCUT2D eigenvalue weighted by atomic mass is 16.4. The summed E-state index contributed by atoms with van der Waals surface area (Å²) in [7, 11) is 0. The third-order valence-corrected chi connectivity index (χ3v) is 4.05. The van der Waals surface area contributed by atoms with Crippen LogP contribution in [0, 0.1) is 5.92 Å². The second kappa shape index (κ2) is 3.96. The molecule has 2 N–H and O–H groups in total. The van der Waals surface area contributed by atoms with Crippen LogP contribution in [-0.4, -0.2) is 40.6 Å². The third-order valence-electron chi connectivity index (χ3n) is 4.05. The molecular weight excluding hydrogens is 208 g/mol. The summed E-state index contributed by atoms with van der Waals surface area (Å²) in [5.41, 5.74) is -0.0890. The van der Waals surface area contributed by atoms with Gasteiger partial charge in [0.25, 0.3) is 0 Å². The van der Waals surface area contributed by atoms with Crippen molar-refractivity contribution in [2.24, 2.45) is 5.92 Å². The van der Waals surface area contributed by atoms with Crippen LogP contribution in [0.4, 0.5) is 4.79 Å². The van der Waals surface area contributed by atoms with Gasteiger partial charge in [-0.1, -0.05) is 6.92 Å². The fourth-order valence-electron chi connectivity index (χ4n) is 2.88. The number of urea groups is 1. The van der Waals surface area contributed by atoms with Crippen LogP contribution in [0.25, 0.3) is 0 Å². The van der Waals surface area contributed by atoms with Crippen LogP contribution in [0.1, 0.15) is 32.6 Å². The SMILES string of the molecule is CCC12CCNC(=O)N1CC(C(=O)O)CC2. The van der Waals surface area contributed by atoms with Gasteiger partial charge in [-0.2, -0.15) is 0 Å². The Morgan fingerprint density at radius 1 is 1.62 bits per heavy atom. The van der Waals surface area contributed by atoms with Gasteiger partial charge in [0.15, 0.2) is 0 Å². The number of carboxylic acids is 1. The quantitative estimate of drug-likeness (QED) is 0.739. The zero-order valence-electron chi connectivity index (χ0n) is 9.53. The molecule has 0 aromatic heterocycles. The molecule has 2 aliphatic heterocycles. The largest absolute Gasteiger partial charge is 0.481 e. The summed E-state index contributed by atoms with van der Waals surface area (Å²) >= 11 is 0. The summed E-state index contributed by atoms with van der Waals surface area (Å²) in [6, 6.07) is -0.0981. The average Bonchev–Trinajstić information content (AvgIpc) is 2.29. The zero-order chi connectivity index (χ0) is 11.8. The molecule has 2 amide bonds. The molecule has 0 aromatic carbocycles. The first kappa shape index (κ1) is 11.2. The van der Waals surface area contributed by atoms with Crippen LogP contribution in [0.3, 0.4) is 0 Å². The van der Waals surface area contributed by atoms with E-state index in [1.807, 2.05) is 0 Å². The number of carbonyl (C=O) groups is 2. The molecule has 5 nitrogen and oxygen atoms in total. The molecule has 2 saturated heterocycles. The Hall–Kier alpha value is -1.26. The number of piperidine rings is 1. The van der Waals surface area contributed by atoms with Crippen molar-refractivity contribution in [3.8, 4) is 0 Å². The first-order valence-electron chi connectivity index (χ1n) is 5.87. The lowest BCUT2D eigenvalue weighted by molar-refractivity contribution is -0.145. The van der Waals surface area contributed by atoms with Crippen molar-refractivity contribution in [3.63, 3.8) is 0 Å². The Kier molecular flexibility index (Phi) is 2.78. The van der Waals surface area contributed by atoms with E-state index in [4.69, 9.17) is 5.11 Å². The first-order chi connectivity index (χ1) is 7.59. The number of nitrogens with one attached hydrogen (secondary N) is 1. The number of aliphatic carboxylic acids is 1. The van der Waals surface area contributed by atoms with Gasteiger partial charge in [0.2, 0.25) is 0 Å². The van der Waals surface area contributed by atoms with Crippen molar-refractivity contribution in [3.05, 3.63) is 0 Å². The lowest BCUT2D eigenvalue weighted by atomic mass is 9.77. The van der Waals surface area contributed by atoms with Crippen molar-refractivity contribution in [1.29, 1.82) is 0 Å². The van der Waals surface area contributed by atoms with Crippen molar-refractivity contribution in [1.82, 2.24) is 10.2 Å². The molecule has 2 unspecified atom stereocenters. The Labute approximate surface area is 94.8 Å². The molecule has 0 radical (unpaired) electrons. The van der Waals surface area contributed by atoms with Gasteiger partial charge >= 0.3 is 12.0 Å².